The van der Waals surface area contributed by atoms with Crippen LogP contribution in [0.4, 0.5) is 0 Å². The van der Waals surface area contributed by atoms with Crippen LogP contribution in [0.25, 0.3) is 10.9 Å². The van der Waals surface area contributed by atoms with Crippen molar-refractivity contribution in [2.45, 2.75) is 26.2 Å². The van der Waals surface area contributed by atoms with Gasteiger partial charge in [-0.3, -0.25) is 4.98 Å². The Labute approximate surface area is 110 Å². The van der Waals surface area contributed by atoms with E-state index in [0.717, 1.165) is 5.56 Å². The van der Waals surface area contributed by atoms with Crippen molar-refractivity contribution in [3.8, 4) is 0 Å². The van der Waals surface area contributed by atoms with Crippen LogP contribution in [-0.2, 0) is 5.41 Å². The summed E-state index contributed by atoms with van der Waals surface area (Å²) in [5.74, 6) is -0.936. The highest BCUT2D eigenvalue weighted by atomic mass is 35.5. The maximum absolute atomic E-state index is 11.5. The number of carboxylic acid groups (broad SMARTS) is 1. The van der Waals surface area contributed by atoms with Gasteiger partial charge in [0.15, 0.2) is 0 Å². The molecule has 0 amide bonds. The molecule has 1 aromatic heterocycles. The predicted octanol–water partition coefficient (Wildman–Crippen LogP) is 3.88. The molecule has 3 nitrogen and oxygen atoms in total. The summed E-state index contributed by atoms with van der Waals surface area (Å²) in [7, 11) is 0. The molecule has 0 atom stereocenters. The molecule has 2 rings (SSSR count). The van der Waals surface area contributed by atoms with Gasteiger partial charge in [0.1, 0.15) is 0 Å². The number of rotatable bonds is 1. The lowest BCUT2D eigenvalue weighted by molar-refractivity contribution is 0.0696. The first kappa shape index (κ1) is 12.8. The monoisotopic (exact) mass is 263 g/mol. The normalized spacial score (nSPS) is 11.8. The highest BCUT2D eigenvalue weighted by molar-refractivity contribution is 6.31. The highest BCUT2D eigenvalue weighted by Crippen LogP contribution is 2.31. The van der Waals surface area contributed by atoms with E-state index in [1.54, 1.807) is 24.4 Å². The lowest BCUT2D eigenvalue weighted by Gasteiger charge is -2.21. The number of carboxylic acids is 1. The zero-order valence-electron chi connectivity index (χ0n) is 10.5. The summed E-state index contributed by atoms with van der Waals surface area (Å²) in [4.78, 5) is 15.8. The number of aromatic carboxylic acids is 1. The van der Waals surface area contributed by atoms with Gasteiger partial charge >= 0.3 is 5.97 Å². The Morgan fingerprint density at radius 3 is 2.56 bits per heavy atom. The van der Waals surface area contributed by atoms with Crippen LogP contribution >= 0.6 is 11.6 Å². The number of halogens is 1. The first-order valence-electron chi connectivity index (χ1n) is 5.63. The average molecular weight is 264 g/mol. The second-order valence-corrected chi connectivity index (χ2v) is 5.70. The molecule has 0 bridgehead atoms. The molecule has 0 saturated carbocycles. The first-order valence-corrected chi connectivity index (χ1v) is 6.00. The largest absolute Gasteiger partial charge is 0.478 e. The van der Waals surface area contributed by atoms with E-state index in [-0.39, 0.29) is 5.41 Å². The second kappa shape index (κ2) is 4.25. The fourth-order valence-corrected chi connectivity index (χ4v) is 2.13. The number of hydrogen-bond acceptors (Lipinski definition) is 2. The van der Waals surface area contributed by atoms with Gasteiger partial charge in [-0.05, 0) is 23.1 Å². The van der Waals surface area contributed by atoms with Gasteiger partial charge in [-0.1, -0.05) is 38.4 Å². The molecule has 2 aromatic rings. The van der Waals surface area contributed by atoms with Crippen LogP contribution in [0.3, 0.4) is 0 Å². The Hall–Kier alpha value is -1.61. The molecule has 0 radical (unpaired) electrons. The average Bonchev–Trinajstić information content (AvgIpc) is 2.25. The Bertz CT molecular complexity index is 629. The van der Waals surface area contributed by atoms with Crippen molar-refractivity contribution < 1.29 is 9.90 Å². The van der Waals surface area contributed by atoms with Gasteiger partial charge in [0.05, 0.1) is 11.1 Å². The summed E-state index contributed by atoms with van der Waals surface area (Å²) in [6.07, 6.45) is 1.63. The van der Waals surface area contributed by atoms with E-state index in [9.17, 15) is 9.90 Å². The molecule has 0 aliphatic carbocycles. The number of hydrogen-bond donors (Lipinski definition) is 1. The van der Waals surface area contributed by atoms with E-state index in [2.05, 4.69) is 4.98 Å². The number of aromatic nitrogens is 1. The Kier molecular flexibility index (Phi) is 3.03. The van der Waals surface area contributed by atoms with Crippen molar-refractivity contribution in [1.82, 2.24) is 4.98 Å². The zero-order valence-corrected chi connectivity index (χ0v) is 11.2. The number of fused-ring (bicyclic) bond motifs is 1. The van der Waals surface area contributed by atoms with E-state index >= 15 is 0 Å². The molecule has 0 aliphatic heterocycles. The smallest absolute Gasteiger partial charge is 0.336 e. The van der Waals surface area contributed by atoms with Gasteiger partial charge in [0.2, 0.25) is 0 Å². The van der Waals surface area contributed by atoms with Crippen molar-refractivity contribution in [1.29, 1.82) is 0 Å². The highest BCUT2D eigenvalue weighted by Gasteiger charge is 2.24. The Morgan fingerprint density at radius 2 is 2.00 bits per heavy atom. The quantitative estimate of drug-likeness (QED) is 0.849. The number of carbonyl (C=O) groups is 1. The zero-order chi connectivity index (χ0) is 13.5. The van der Waals surface area contributed by atoms with Crippen LogP contribution < -0.4 is 0 Å². The molecule has 1 N–H and O–H groups in total. The Balaban J connectivity index is 2.87. The molecule has 0 spiro atoms. The molecular weight excluding hydrogens is 250 g/mol. The van der Waals surface area contributed by atoms with E-state index < -0.39 is 5.97 Å². The topological polar surface area (TPSA) is 50.2 Å². The number of nitrogens with zero attached hydrogens (tertiary/aromatic N) is 1. The lowest BCUT2D eigenvalue weighted by atomic mass is 9.83. The Morgan fingerprint density at radius 1 is 1.33 bits per heavy atom. The van der Waals surface area contributed by atoms with Crippen molar-refractivity contribution in [2.24, 2.45) is 0 Å². The molecule has 0 fully saturated rings. The second-order valence-electron chi connectivity index (χ2n) is 5.26. The third-order valence-electron chi connectivity index (χ3n) is 2.85. The third-order valence-corrected chi connectivity index (χ3v) is 3.09. The van der Waals surface area contributed by atoms with E-state index in [1.165, 1.54) is 0 Å². The SMILES string of the molecule is CC(C)(C)c1cnc2cc(Cl)ccc2c1C(=O)O. The molecule has 0 aliphatic rings. The minimum Gasteiger partial charge on any atom is -0.478 e. The molecule has 1 aromatic carbocycles. The van der Waals surface area contributed by atoms with Gasteiger partial charge in [-0.25, -0.2) is 4.79 Å². The lowest BCUT2D eigenvalue weighted by Crippen LogP contribution is -2.17. The van der Waals surface area contributed by atoms with Crippen LogP contribution in [-0.4, -0.2) is 16.1 Å². The van der Waals surface area contributed by atoms with Crippen molar-refractivity contribution in [2.75, 3.05) is 0 Å². The minimum atomic E-state index is -0.936. The van der Waals surface area contributed by atoms with Crippen LogP contribution in [0.5, 0.6) is 0 Å². The summed E-state index contributed by atoms with van der Waals surface area (Å²) < 4.78 is 0. The predicted molar refractivity (Wildman–Crippen MR) is 72.4 cm³/mol. The molecule has 94 valence electrons. The standard InChI is InChI=1S/C14H14ClNO2/c1-14(2,3)10-7-16-11-6-8(15)4-5-9(11)12(10)13(17)18/h4-7H,1-3H3,(H,17,18). The fraction of sp³-hybridized carbons (Fsp3) is 0.286. The number of benzene rings is 1. The van der Waals surface area contributed by atoms with E-state index in [0.29, 0.717) is 21.5 Å². The summed E-state index contributed by atoms with van der Waals surface area (Å²) in [5, 5.41) is 10.6. The number of pyridine rings is 1. The maximum Gasteiger partial charge on any atom is 0.336 e. The van der Waals surface area contributed by atoms with Crippen LogP contribution in [0.1, 0.15) is 36.7 Å². The summed E-state index contributed by atoms with van der Waals surface area (Å²) in [5.41, 5.74) is 1.37. The first-order chi connectivity index (χ1) is 8.30. The molecule has 0 unspecified atom stereocenters. The summed E-state index contributed by atoms with van der Waals surface area (Å²) in [6.45, 7) is 5.91. The molecule has 0 saturated heterocycles. The molecular formula is C14H14ClNO2. The summed E-state index contributed by atoms with van der Waals surface area (Å²) in [6, 6.07) is 5.07. The van der Waals surface area contributed by atoms with Crippen molar-refractivity contribution in [3.05, 3.63) is 40.5 Å². The molecule has 18 heavy (non-hydrogen) atoms. The van der Waals surface area contributed by atoms with Gasteiger partial charge in [-0.2, -0.15) is 0 Å². The van der Waals surface area contributed by atoms with Crippen LogP contribution in [0, 0.1) is 0 Å². The molecule has 4 heteroatoms. The van der Waals surface area contributed by atoms with Crippen molar-refractivity contribution >= 4 is 28.5 Å². The van der Waals surface area contributed by atoms with Crippen LogP contribution in [0.15, 0.2) is 24.4 Å². The van der Waals surface area contributed by atoms with E-state index in [1.807, 2.05) is 20.8 Å². The van der Waals surface area contributed by atoms with Crippen LogP contribution in [0.2, 0.25) is 5.02 Å². The van der Waals surface area contributed by atoms with Gasteiger partial charge in [-0.15, -0.1) is 0 Å². The van der Waals surface area contributed by atoms with Gasteiger partial charge in [0, 0.05) is 16.6 Å². The molecule has 1 heterocycles. The fourth-order valence-electron chi connectivity index (χ4n) is 1.97. The van der Waals surface area contributed by atoms with Gasteiger partial charge < -0.3 is 5.11 Å². The third kappa shape index (κ3) is 2.18. The maximum atomic E-state index is 11.5. The van der Waals surface area contributed by atoms with E-state index in [4.69, 9.17) is 11.6 Å². The van der Waals surface area contributed by atoms with Crippen molar-refractivity contribution in [3.63, 3.8) is 0 Å². The summed E-state index contributed by atoms with van der Waals surface area (Å²) >= 11 is 5.89. The van der Waals surface area contributed by atoms with Gasteiger partial charge in [0.25, 0.3) is 0 Å². The minimum absolute atomic E-state index is 0.269.